The third-order valence-corrected chi connectivity index (χ3v) is 4.64. The summed E-state index contributed by atoms with van der Waals surface area (Å²) in [6.45, 7) is 2.25. The minimum absolute atomic E-state index is 0.126. The number of halogens is 2. The van der Waals surface area contributed by atoms with Crippen molar-refractivity contribution in [2.75, 3.05) is 0 Å². The molecule has 3 aromatic rings. The maximum Gasteiger partial charge on any atom is 0.227 e. The molecule has 0 radical (unpaired) electrons. The summed E-state index contributed by atoms with van der Waals surface area (Å²) in [5, 5.41) is 3.44. The van der Waals surface area contributed by atoms with Crippen LogP contribution in [0, 0.1) is 18.6 Å². The first-order valence-corrected chi connectivity index (χ1v) is 8.57. The Morgan fingerprint density at radius 1 is 1.16 bits per heavy atom. The Morgan fingerprint density at radius 2 is 1.92 bits per heavy atom. The molecule has 0 aliphatic rings. The molecule has 0 saturated heterocycles. The Labute approximate surface area is 148 Å². The lowest BCUT2D eigenvalue weighted by atomic mass is 10.1. The SMILES string of the molecule is Cc1sc(CC(=O)NCc2ccccc2)nc1-c1ccc(F)cc1F. The van der Waals surface area contributed by atoms with E-state index in [0.29, 0.717) is 17.2 Å². The zero-order valence-electron chi connectivity index (χ0n) is 13.6. The second-order valence-corrected chi connectivity index (χ2v) is 6.86. The third-order valence-electron chi connectivity index (χ3n) is 3.67. The molecule has 0 aliphatic carbocycles. The number of aromatic nitrogens is 1. The van der Waals surface area contributed by atoms with Gasteiger partial charge in [-0.15, -0.1) is 11.3 Å². The fraction of sp³-hybridized carbons (Fsp3) is 0.158. The molecular formula is C19H16F2N2OS. The van der Waals surface area contributed by atoms with Crippen molar-refractivity contribution in [3.63, 3.8) is 0 Å². The van der Waals surface area contributed by atoms with Gasteiger partial charge in [0.25, 0.3) is 0 Å². The van der Waals surface area contributed by atoms with Crippen LogP contribution in [0.3, 0.4) is 0 Å². The molecule has 0 fully saturated rings. The number of hydrogen-bond acceptors (Lipinski definition) is 3. The molecule has 0 spiro atoms. The van der Waals surface area contributed by atoms with Crippen LogP contribution in [0.25, 0.3) is 11.3 Å². The van der Waals surface area contributed by atoms with Gasteiger partial charge in [0.15, 0.2) is 0 Å². The Balaban J connectivity index is 1.69. The predicted octanol–water partition coefficient (Wildman–Crippen LogP) is 4.26. The predicted molar refractivity (Wildman–Crippen MR) is 94.2 cm³/mol. The first kappa shape index (κ1) is 17.2. The number of amides is 1. The van der Waals surface area contributed by atoms with Crippen LogP contribution < -0.4 is 5.32 Å². The lowest BCUT2D eigenvalue weighted by molar-refractivity contribution is -0.120. The topological polar surface area (TPSA) is 42.0 Å². The molecule has 0 saturated carbocycles. The molecule has 0 atom stereocenters. The molecule has 0 unspecified atom stereocenters. The molecule has 6 heteroatoms. The molecular weight excluding hydrogens is 342 g/mol. The van der Waals surface area contributed by atoms with Gasteiger partial charge in [0, 0.05) is 23.1 Å². The summed E-state index contributed by atoms with van der Waals surface area (Å²) in [7, 11) is 0. The van der Waals surface area contributed by atoms with E-state index in [-0.39, 0.29) is 17.9 Å². The molecule has 128 valence electrons. The number of carbonyl (C=O) groups is 1. The molecule has 3 nitrogen and oxygen atoms in total. The van der Waals surface area contributed by atoms with Crippen molar-refractivity contribution in [1.29, 1.82) is 0 Å². The third kappa shape index (κ3) is 4.28. The van der Waals surface area contributed by atoms with Gasteiger partial charge in [0.2, 0.25) is 5.91 Å². The zero-order valence-corrected chi connectivity index (χ0v) is 14.4. The first-order valence-electron chi connectivity index (χ1n) is 7.75. The summed E-state index contributed by atoms with van der Waals surface area (Å²) in [6.07, 6.45) is 0.126. The molecule has 2 aromatic carbocycles. The quantitative estimate of drug-likeness (QED) is 0.741. The largest absolute Gasteiger partial charge is 0.352 e. The normalized spacial score (nSPS) is 10.7. The minimum atomic E-state index is -0.659. The van der Waals surface area contributed by atoms with Crippen LogP contribution in [0.5, 0.6) is 0 Å². The number of carbonyl (C=O) groups excluding carboxylic acids is 1. The maximum atomic E-state index is 13.9. The second kappa shape index (κ2) is 7.53. The van der Waals surface area contributed by atoms with E-state index in [2.05, 4.69) is 10.3 Å². The molecule has 1 amide bonds. The van der Waals surface area contributed by atoms with Crippen molar-refractivity contribution in [1.82, 2.24) is 10.3 Å². The van der Waals surface area contributed by atoms with Crippen molar-refractivity contribution >= 4 is 17.2 Å². The lowest BCUT2D eigenvalue weighted by Gasteiger charge is -2.03. The molecule has 0 bridgehead atoms. The summed E-state index contributed by atoms with van der Waals surface area (Å²) < 4.78 is 27.0. The highest BCUT2D eigenvalue weighted by Crippen LogP contribution is 2.30. The van der Waals surface area contributed by atoms with E-state index in [1.807, 2.05) is 30.3 Å². The van der Waals surface area contributed by atoms with E-state index in [1.165, 1.54) is 23.5 Å². The Hall–Kier alpha value is -2.60. The van der Waals surface area contributed by atoms with Crippen molar-refractivity contribution in [3.05, 3.63) is 75.6 Å². The van der Waals surface area contributed by atoms with Crippen LogP contribution in [0.4, 0.5) is 8.78 Å². The average molecular weight is 358 g/mol. The van der Waals surface area contributed by atoms with Crippen LogP contribution in [-0.4, -0.2) is 10.9 Å². The molecule has 1 aromatic heterocycles. The van der Waals surface area contributed by atoms with Gasteiger partial charge < -0.3 is 5.32 Å². The van der Waals surface area contributed by atoms with Crippen molar-refractivity contribution < 1.29 is 13.6 Å². The van der Waals surface area contributed by atoms with Gasteiger partial charge in [-0.2, -0.15) is 0 Å². The number of nitrogens with one attached hydrogen (secondary N) is 1. The van der Waals surface area contributed by atoms with Gasteiger partial charge in [-0.05, 0) is 24.6 Å². The highest BCUT2D eigenvalue weighted by atomic mass is 32.1. The van der Waals surface area contributed by atoms with Crippen LogP contribution in [-0.2, 0) is 17.8 Å². The summed E-state index contributed by atoms with van der Waals surface area (Å²) in [6, 6.07) is 13.0. The second-order valence-electron chi connectivity index (χ2n) is 5.58. The Morgan fingerprint density at radius 3 is 2.64 bits per heavy atom. The van der Waals surface area contributed by atoms with Crippen molar-refractivity contribution in [2.24, 2.45) is 0 Å². The smallest absolute Gasteiger partial charge is 0.227 e. The molecule has 3 rings (SSSR count). The molecule has 0 aliphatic heterocycles. The van der Waals surface area contributed by atoms with Gasteiger partial charge in [0.1, 0.15) is 16.6 Å². The summed E-state index contributed by atoms with van der Waals surface area (Å²) in [4.78, 5) is 17.2. The van der Waals surface area contributed by atoms with Crippen LogP contribution >= 0.6 is 11.3 Å². The van der Waals surface area contributed by atoms with Crippen LogP contribution in [0.2, 0.25) is 0 Å². The molecule has 1 N–H and O–H groups in total. The van der Waals surface area contributed by atoms with Crippen molar-refractivity contribution in [2.45, 2.75) is 19.9 Å². The monoisotopic (exact) mass is 358 g/mol. The number of thiazole rings is 1. The number of hydrogen-bond donors (Lipinski definition) is 1. The number of benzene rings is 2. The van der Waals surface area contributed by atoms with Gasteiger partial charge in [-0.1, -0.05) is 30.3 Å². The van der Waals surface area contributed by atoms with Gasteiger partial charge in [-0.25, -0.2) is 13.8 Å². The van der Waals surface area contributed by atoms with Crippen LogP contribution in [0.1, 0.15) is 15.4 Å². The van der Waals surface area contributed by atoms with Crippen molar-refractivity contribution in [3.8, 4) is 11.3 Å². The van der Waals surface area contributed by atoms with Crippen LogP contribution in [0.15, 0.2) is 48.5 Å². The van der Waals surface area contributed by atoms with Gasteiger partial charge in [0.05, 0.1) is 12.1 Å². The Kier molecular flexibility index (Phi) is 5.19. The fourth-order valence-electron chi connectivity index (χ4n) is 2.45. The highest BCUT2D eigenvalue weighted by molar-refractivity contribution is 7.12. The average Bonchev–Trinajstić information content (AvgIpc) is 2.94. The summed E-state index contributed by atoms with van der Waals surface area (Å²) in [5.74, 6) is -1.44. The van der Waals surface area contributed by atoms with E-state index < -0.39 is 11.6 Å². The van der Waals surface area contributed by atoms with E-state index >= 15 is 0 Å². The lowest BCUT2D eigenvalue weighted by Crippen LogP contribution is -2.24. The molecule has 1 heterocycles. The maximum absolute atomic E-state index is 13.9. The first-order chi connectivity index (χ1) is 12.0. The molecule has 25 heavy (non-hydrogen) atoms. The standard InChI is InChI=1S/C19H16F2N2OS/c1-12-19(15-8-7-14(20)9-16(15)21)23-18(25-12)10-17(24)22-11-13-5-3-2-4-6-13/h2-9H,10-11H2,1H3,(H,22,24). The summed E-state index contributed by atoms with van der Waals surface area (Å²) >= 11 is 1.34. The highest BCUT2D eigenvalue weighted by Gasteiger charge is 2.16. The Bertz CT molecular complexity index is 894. The minimum Gasteiger partial charge on any atom is -0.352 e. The van der Waals surface area contributed by atoms with Gasteiger partial charge in [-0.3, -0.25) is 4.79 Å². The van der Waals surface area contributed by atoms with E-state index in [1.54, 1.807) is 6.92 Å². The van der Waals surface area contributed by atoms with E-state index in [9.17, 15) is 13.6 Å². The number of rotatable bonds is 5. The number of nitrogens with zero attached hydrogens (tertiary/aromatic N) is 1. The van der Waals surface area contributed by atoms with E-state index in [0.717, 1.165) is 16.5 Å². The number of aryl methyl sites for hydroxylation is 1. The fourth-order valence-corrected chi connectivity index (χ4v) is 3.40. The summed E-state index contributed by atoms with van der Waals surface area (Å²) in [5.41, 5.74) is 1.71. The van der Waals surface area contributed by atoms with E-state index in [4.69, 9.17) is 0 Å². The van der Waals surface area contributed by atoms with Gasteiger partial charge >= 0.3 is 0 Å². The zero-order chi connectivity index (χ0) is 17.8.